The largest absolute Gasteiger partial charge is 0.326 e. The van der Waals surface area contributed by atoms with Gasteiger partial charge in [-0.1, -0.05) is 29.8 Å². The molecule has 4 heteroatoms. The van der Waals surface area contributed by atoms with Crippen LogP contribution in [0.5, 0.6) is 0 Å². The molecule has 1 heterocycles. The third-order valence-corrected chi connectivity index (χ3v) is 4.76. The van der Waals surface area contributed by atoms with Crippen molar-refractivity contribution in [3.05, 3.63) is 57.2 Å². The zero-order valence-corrected chi connectivity index (χ0v) is 14.4. The molecule has 0 bridgehead atoms. The van der Waals surface area contributed by atoms with Gasteiger partial charge in [0.25, 0.3) is 0 Å². The number of nitrogens with two attached hydrogens (primary N) is 1. The van der Waals surface area contributed by atoms with Gasteiger partial charge in [0.1, 0.15) is 0 Å². The van der Waals surface area contributed by atoms with Crippen molar-refractivity contribution >= 4 is 22.9 Å². The topological polar surface area (TPSA) is 29.3 Å². The van der Waals surface area contributed by atoms with Crippen molar-refractivity contribution in [2.45, 2.75) is 45.4 Å². The Morgan fingerprint density at radius 1 is 1.14 bits per heavy atom. The number of hydrogen-bond donors (Lipinski definition) is 1. The predicted octanol–water partition coefficient (Wildman–Crippen LogP) is 4.70. The third kappa shape index (κ3) is 4.30. The maximum Gasteiger partial charge on any atom is 0.0503 e. The Labute approximate surface area is 136 Å². The summed E-state index contributed by atoms with van der Waals surface area (Å²) in [5.74, 6) is 0. The first kappa shape index (κ1) is 16.5. The minimum Gasteiger partial charge on any atom is -0.326 e. The number of nitrogens with zero attached hydrogens (tertiary/aromatic N) is 1. The molecule has 2 rings (SSSR count). The van der Waals surface area contributed by atoms with Gasteiger partial charge in [0, 0.05) is 28.5 Å². The summed E-state index contributed by atoms with van der Waals surface area (Å²) >= 11 is 7.80. The summed E-state index contributed by atoms with van der Waals surface area (Å²) in [4.78, 5) is 3.82. The van der Waals surface area contributed by atoms with E-state index in [1.807, 2.05) is 12.1 Å². The van der Waals surface area contributed by atoms with Crippen LogP contribution in [0, 0.1) is 0 Å². The average molecular weight is 323 g/mol. The lowest BCUT2D eigenvalue weighted by Gasteiger charge is -2.37. The number of thiophene rings is 1. The van der Waals surface area contributed by atoms with E-state index < -0.39 is 0 Å². The van der Waals surface area contributed by atoms with Gasteiger partial charge in [-0.15, -0.1) is 11.3 Å². The van der Waals surface area contributed by atoms with Gasteiger partial charge < -0.3 is 5.73 Å². The fourth-order valence-electron chi connectivity index (χ4n) is 2.64. The second-order valence-corrected chi connectivity index (χ2v) is 7.17. The second kappa shape index (κ2) is 7.41. The number of hydrogen-bond acceptors (Lipinski definition) is 3. The quantitative estimate of drug-likeness (QED) is 0.835. The van der Waals surface area contributed by atoms with Crippen LogP contribution in [0.15, 0.2) is 41.8 Å². The Balaban J connectivity index is 2.30. The van der Waals surface area contributed by atoms with E-state index in [1.165, 1.54) is 10.4 Å². The summed E-state index contributed by atoms with van der Waals surface area (Å²) in [5.41, 5.74) is 7.53. The van der Waals surface area contributed by atoms with E-state index in [4.69, 9.17) is 17.3 Å². The van der Waals surface area contributed by atoms with Gasteiger partial charge in [0.15, 0.2) is 0 Å². The fraction of sp³-hybridized carbons (Fsp3) is 0.412. The molecule has 0 saturated heterocycles. The van der Waals surface area contributed by atoms with Crippen molar-refractivity contribution in [3.63, 3.8) is 0 Å². The van der Waals surface area contributed by atoms with E-state index in [0.29, 0.717) is 6.04 Å². The molecule has 1 aromatic carbocycles. The van der Waals surface area contributed by atoms with Crippen LogP contribution in [0.1, 0.15) is 37.3 Å². The molecule has 114 valence electrons. The molecular weight excluding hydrogens is 300 g/mol. The highest BCUT2D eigenvalue weighted by atomic mass is 35.5. The van der Waals surface area contributed by atoms with E-state index >= 15 is 0 Å². The Hall–Kier alpha value is -0.870. The molecule has 0 aliphatic heterocycles. The Morgan fingerprint density at radius 3 is 2.29 bits per heavy atom. The number of halogens is 1. The van der Waals surface area contributed by atoms with Crippen LogP contribution in [-0.4, -0.2) is 17.0 Å². The van der Waals surface area contributed by atoms with Crippen LogP contribution in [-0.2, 0) is 6.54 Å². The summed E-state index contributed by atoms with van der Waals surface area (Å²) in [6.07, 6.45) is 0. The van der Waals surface area contributed by atoms with Gasteiger partial charge >= 0.3 is 0 Å². The summed E-state index contributed by atoms with van der Waals surface area (Å²) in [6.45, 7) is 7.44. The van der Waals surface area contributed by atoms with Crippen LogP contribution in [0.3, 0.4) is 0 Å². The molecule has 0 aliphatic rings. The second-order valence-electron chi connectivity index (χ2n) is 5.70. The van der Waals surface area contributed by atoms with Crippen molar-refractivity contribution < 1.29 is 0 Å². The van der Waals surface area contributed by atoms with Crippen molar-refractivity contribution in [3.8, 4) is 0 Å². The highest BCUT2D eigenvalue weighted by molar-refractivity contribution is 7.09. The van der Waals surface area contributed by atoms with E-state index in [-0.39, 0.29) is 12.1 Å². The van der Waals surface area contributed by atoms with Gasteiger partial charge in [0.05, 0.1) is 6.04 Å². The Kier molecular flexibility index (Phi) is 5.82. The highest BCUT2D eigenvalue weighted by Crippen LogP contribution is 2.29. The van der Waals surface area contributed by atoms with E-state index in [1.54, 1.807) is 11.3 Å². The normalized spacial score (nSPS) is 14.6. The molecular formula is C17H23ClN2S. The maximum atomic E-state index is 6.30. The number of benzene rings is 1. The van der Waals surface area contributed by atoms with Crippen molar-refractivity contribution in [1.82, 2.24) is 4.90 Å². The van der Waals surface area contributed by atoms with Gasteiger partial charge in [-0.25, -0.2) is 0 Å². The molecule has 0 saturated carbocycles. The zero-order valence-electron chi connectivity index (χ0n) is 12.8. The molecule has 0 spiro atoms. The summed E-state index contributed by atoms with van der Waals surface area (Å²) in [5, 5.41) is 2.88. The predicted molar refractivity (Wildman–Crippen MR) is 92.8 cm³/mol. The molecule has 2 unspecified atom stereocenters. The van der Waals surface area contributed by atoms with Crippen LogP contribution in [0.4, 0.5) is 0 Å². The summed E-state index contributed by atoms with van der Waals surface area (Å²) in [6, 6.07) is 13.0. The van der Waals surface area contributed by atoms with Gasteiger partial charge in [-0.2, -0.15) is 0 Å². The lowest BCUT2D eigenvalue weighted by atomic mass is 9.97. The average Bonchev–Trinajstić information content (AvgIpc) is 2.92. The van der Waals surface area contributed by atoms with Crippen molar-refractivity contribution in [2.24, 2.45) is 5.73 Å². The first-order valence-corrected chi connectivity index (χ1v) is 8.54. The van der Waals surface area contributed by atoms with Gasteiger partial charge in [0.2, 0.25) is 0 Å². The molecule has 2 aromatic rings. The first-order valence-electron chi connectivity index (χ1n) is 7.28. The van der Waals surface area contributed by atoms with E-state index in [9.17, 15) is 0 Å². The molecule has 0 radical (unpaired) electrons. The molecule has 2 nitrogen and oxygen atoms in total. The van der Waals surface area contributed by atoms with Gasteiger partial charge in [-0.05, 0) is 49.9 Å². The maximum absolute atomic E-state index is 6.30. The van der Waals surface area contributed by atoms with E-state index in [0.717, 1.165) is 11.6 Å². The minimum atomic E-state index is 0.0496. The summed E-state index contributed by atoms with van der Waals surface area (Å²) < 4.78 is 0. The third-order valence-electron chi connectivity index (χ3n) is 3.65. The number of rotatable bonds is 6. The Morgan fingerprint density at radius 2 is 1.81 bits per heavy atom. The minimum absolute atomic E-state index is 0.0496. The Bertz CT molecular complexity index is 534. The van der Waals surface area contributed by atoms with Crippen LogP contribution >= 0.6 is 22.9 Å². The smallest absolute Gasteiger partial charge is 0.0503 e. The highest BCUT2D eigenvalue weighted by Gasteiger charge is 2.26. The molecule has 1 aromatic heterocycles. The molecule has 2 N–H and O–H groups in total. The van der Waals surface area contributed by atoms with Crippen LogP contribution in [0.25, 0.3) is 0 Å². The molecule has 0 aliphatic carbocycles. The fourth-order valence-corrected chi connectivity index (χ4v) is 3.48. The lowest BCUT2D eigenvalue weighted by Crippen LogP contribution is -2.42. The SMILES string of the molecule is CC(N)C(c1ccc(Cl)cc1)N(Cc1cccs1)C(C)C. The first-order chi connectivity index (χ1) is 9.99. The molecule has 0 amide bonds. The van der Waals surface area contributed by atoms with Crippen molar-refractivity contribution in [1.29, 1.82) is 0 Å². The standard InChI is InChI=1S/C17H23ClN2S/c1-12(2)20(11-16-5-4-10-21-16)17(13(3)19)14-6-8-15(18)9-7-14/h4-10,12-13,17H,11,19H2,1-3H3. The van der Waals surface area contributed by atoms with E-state index in [2.05, 4.69) is 55.3 Å². The van der Waals surface area contributed by atoms with Crippen LogP contribution in [0.2, 0.25) is 5.02 Å². The summed E-state index contributed by atoms with van der Waals surface area (Å²) in [7, 11) is 0. The lowest BCUT2D eigenvalue weighted by molar-refractivity contribution is 0.128. The molecule has 0 fully saturated rings. The monoisotopic (exact) mass is 322 g/mol. The van der Waals surface area contributed by atoms with Crippen LogP contribution < -0.4 is 5.73 Å². The van der Waals surface area contributed by atoms with Crippen molar-refractivity contribution in [2.75, 3.05) is 0 Å². The zero-order chi connectivity index (χ0) is 15.4. The van der Waals surface area contributed by atoms with Gasteiger partial charge in [-0.3, -0.25) is 4.90 Å². The molecule has 21 heavy (non-hydrogen) atoms. The molecule has 2 atom stereocenters.